The molecule has 2 aromatic heterocycles. The molecule has 6 heteroatoms. The molecule has 152 valence electrons. The number of halogens is 1. The zero-order valence-corrected chi connectivity index (χ0v) is 17.6. The summed E-state index contributed by atoms with van der Waals surface area (Å²) in [4.78, 5) is 20.4. The number of fused-ring (bicyclic) bond motifs is 1. The van der Waals surface area contributed by atoms with Gasteiger partial charge in [0.15, 0.2) is 0 Å². The molecule has 1 saturated carbocycles. The fourth-order valence-electron chi connectivity index (χ4n) is 4.54. The van der Waals surface area contributed by atoms with Gasteiger partial charge in [-0.1, -0.05) is 49.9 Å². The standard InChI is InChI=1S/C23H26ClN3O2/c1-3-15-7-9-16(10-8-15)13-27-12-14(2)19-21(27)20(26-22(25-19)23(28)29)17-5-4-6-18(24)11-17/h4-6,11-12,15-16H,3,7-10,13H2,1-2H3,(H,28,29). The maximum absolute atomic E-state index is 11.6. The van der Waals surface area contributed by atoms with E-state index in [1.807, 2.05) is 25.1 Å². The molecule has 29 heavy (non-hydrogen) atoms. The summed E-state index contributed by atoms with van der Waals surface area (Å²) in [6, 6.07) is 7.41. The average molecular weight is 412 g/mol. The number of aromatic nitrogens is 3. The largest absolute Gasteiger partial charge is 0.475 e. The summed E-state index contributed by atoms with van der Waals surface area (Å²) in [5.41, 5.74) is 4.00. The molecule has 3 aromatic rings. The summed E-state index contributed by atoms with van der Waals surface area (Å²) >= 11 is 6.21. The molecule has 2 heterocycles. The summed E-state index contributed by atoms with van der Waals surface area (Å²) in [7, 11) is 0. The molecular formula is C23H26ClN3O2. The molecule has 1 aliphatic rings. The molecule has 1 aromatic carbocycles. The molecule has 0 atom stereocenters. The summed E-state index contributed by atoms with van der Waals surface area (Å²) in [5.74, 6) is 0.175. The first-order valence-corrected chi connectivity index (χ1v) is 10.7. The van der Waals surface area contributed by atoms with Crippen molar-refractivity contribution in [2.75, 3.05) is 0 Å². The Morgan fingerprint density at radius 3 is 2.59 bits per heavy atom. The van der Waals surface area contributed by atoms with Gasteiger partial charge in [-0.2, -0.15) is 0 Å². The highest BCUT2D eigenvalue weighted by Gasteiger charge is 2.24. The minimum atomic E-state index is -1.12. The predicted molar refractivity (Wildman–Crippen MR) is 115 cm³/mol. The van der Waals surface area contributed by atoms with E-state index >= 15 is 0 Å². The number of nitrogens with zero attached hydrogens (tertiary/aromatic N) is 3. The van der Waals surface area contributed by atoms with E-state index in [-0.39, 0.29) is 5.82 Å². The summed E-state index contributed by atoms with van der Waals surface area (Å²) in [6.07, 6.45) is 8.41. The van der Waals surface area contributed by atoms with Crippen molar-refractivity contribution in [1.82, 2.24) is 14.5 Å². The van der Waals surface area contributed by atoms with Crippen molar-refractivity contribution in [3.8, 4) is 11.3 Å². The van der Waals surface area contributed by atoms with E-state index in [1.54, 1.807) is 6.07 Å². The zero-order chi connectivity index (χ0) is 20.5. The smallest absolute Gasteiger partial charge is 0.373 e. The van der Waals surface area contributed by atoms with E-state index in [0.717, 1.165) is 29.1 Å². The first kappa shape index (κ1) is 19.9. The number of carboxylic acids is 1. The van der Waals surface area contributed by atoms with E-state index in [0.29, 0.717) is 22.2 Å². The quantitative estimate of drug-likeness (QED) is 0.561. The molecule has 0 saturated heterocycles. The van der Waals surface area contributed by atoms with Gasteiger partial charge >= 0.3 is 5.97 Å². The van der Waals surface area contributed by atoms with Crippen LogP contribution in [0.4, 0.5) is 0 Å². The lowest BCUT2D eigenvalue weighted by Crippen LogP contribution is -2.18. The van der Waals surface area contributed by atoms with Gasteiger partial charge in [0, 0.05) is 23.3 Å². The minimum Gasteiger partial charge on any atom is -0.475 e. The van der Waals surface area contributed by atoms with E-state index < -0.39 is 5.97 Å². The average Bonchev–Trinajstić information content (AvgIpc) is 3.03. The molecule has 1 N–H and O–H groups in total. The van der Waals surface area contributed by atoms with Crippen LogP contribution in [0.15, 0.2) is 30.5 Å². The van der Waals surface area contributed by atoms with Gasteiger partial charge in [-0.15, -0.1) is 0 Å². The fourth-order valence-corrected chi connectivity index (χ4v) is 4.73. The number of benzene rings is 1. The van der Waals surface area contributed by atoms with Crippen molar-refractivity contribution in [1.29, 1.82) is 0 Å². The van der Waals surface area contributed by atoms with Crippen LogP contribution < -0.4 is 0 Å². The molecular weight excluding hydrogens is 386 g/mol. The van der Waals surface area contributed by atoms with Crippen molar-refractivity contribution >= 4 is 28.6 Å². The summed E-state index contributed by atoms with van der Waals surface area (Å²) in [5, 5.41) is 10.1. The van der Waals surface area contributed by atoms with Crippen molar-refractivity contribution in [2.24, 2.45) is 11.8 Å². The topological polar surface area (TPSA) is 68.0 Å². The summed E-state index contributed by atoms with van der Waals surface area (Å²) < 4.78 is 2.23. The van der Waals surface area contributed by atoms with Gasteiger partial charge in [0.1, 0.15) is 0 Å². The Morgan fingerprint density at radius 1 is 1.21 bits per heavy atom. The third-order valence-corrected chi connectivity index (χ3v) is 6.42. The third-order valence-electron chi connectivity index (χ3n) is 6.18. The Morgan fingerprint density at radius 2 is 1.93 bits per heavy atom. The van der Waals surface area contributed by atoms with Crippen molar-refractivity contribution in [3.05, 3.63) is 46.9 Å². The number of carboxylic acid groups (broad SMARTS) is 1. The van der Waals surface area contributed by atoms with Gasteiger partial charge in [-0.3, -0.25) is 0 Å². The summed E-state index contributed by atoms with van der Waals surface area (Å²) in [6.45, 7) is 5.17. The number of carbonyl (C=O) groups is 1. The van der Waals surface area contributed by atoms with Crippen molar-refractivity contribution in [2.45, 2.75) is 52.5 Å². The molecule has 0 bridgehead atoms. The minimum absolute atomic E-state index is 0.184. The van der Waals surface area contributed by atoms with Gasteiger partial charge in [0.2, 0.25) is 5.82 Å². The first-order valence-electron chi connectivity index (χ1n) is 10.3. The monoisotopic (exact) mass is 411 g/mol. The highest BCUT2D eigenvalue weighted by Crippen LogP contribution is 2.35. The van der Waals surface area contributed by atoms with Crippen LogP contribution in [-0.2, 0) is 6.54 Å². The molecule has 0 aliphatic heterocycles. The Balaban J connectivity index is 1.81. The fraction of sp³-hybridized carbons (Fsp3) is 0.435. The number of hydrogen-bond acceptors (Lipinski definition) is 3. The predicted octanol–water partition coefficient (Wildman–Crippen LogP) is 5.97. The molecule has 0 unspecified atom stereocenters. The van der Waals surface area contributed by atoms with Crippen LogP contribution in [0.2, 0.25) is 5.02 Å². The lowest BCUT2D eigenvalue weighted by Gasteiger charge is -2.28. The zero-order valence-electron chi connectivity index (χ0n) is 16.9. The van der Waals surface area contributed by atoms with E-state index in [1.165, 1.54) is 32.1 Å². The molecule has 0 spiro atoms. The molecule has 1 aliphatic carbocycles. The Labute approximate surface area is 175 Å². The van der Waals surface area contributed by atoms with Crippen LogP contribution in [-0.4, -0.2) is 25.6 Å². The van der Waals surface area contributed by atoms with Gasteiger partial charge in [-0.25, -0.2) is 14.8 Å². The lowest BCUT2D eigenvalue weighted by molar-refractivity contribution is 0.0684. The highest BCUT2D eigenvalue weighted by molar-refractivity contribution is 6.30. The molecule has 5 nitrogen and oxygen atoms in total. The molecule has 4 rings (SSSR count). The van der Waals surface area contributed by atoms with E-state index in [4.69, 9.17) is 11.6 Å². The number of aromatic carboxylic acids is 1. The number of rotatable bonds is 5. The SMILES string of the molecule is CCC1CCC(Cn2cc(C)c3nc(C(=O)O)nc(-c4cccc(Cl)c4)c32)CC1. The first-order chi connectivity index (χ1) is 14.0. The lowest BCUT2D eigenvalue weighted by atomic mass is 9.81. The maximum Gasteiger partial charge on any atom is 0.373 e. The van der Waals surface area contributed by atoms with Crippen LogP contribution >= 0.6 is 11.6 Å². The Hall–Kier alpha value is -2.40. The maximum atomic E-state index is 11.6. The Kier molecular flexibility index (Phi) is 5.59. The normalized spacial score (nSPS) is 19.6. The van der Waals surface area contributed by atoms with Crippen LogP contribution in [0, 0.1) is 18.8 Å². The second kappa shape index (κ2) is 8.15. The van der Waals surface area contributed by atoms with Crippen LogP contribution in [0.5, 0.6) is 0 Å². The molecule has 0 amide bonds. The van der Waals surface area contributed by atoms with Gasteiger partial charge in [-0.05, 0) is 49.3 Å². The highest BCUT2D eigenvalue weighted by atomic mass is 35.5. The second-order valence-corrected chi connectivity index (χ2v) is 8.60. The van der Waals surface area contributed by atoms with Crippen LogP contribution in [0.25, 0.3) is 22.3 Å². The van der Waals surface area contributed by atoms with Crippen LogP contribution in [0.3, 0.4) is 0 Å². The van der Waals surface area contributed by atoms with Gasteiger partial charge < -0.3 is 9.67 Å². The van der Waals surface area contributed by atoms with Gasteiger partial charge in [0.25, 0.3) is 0 Å². The second-order valence-electron chi connectivity index (χ2n) is 8.17. The van der Waals surface area contributed by atoms with Crippen molar-refractivity contribution < 1.29 is 9.90 Å². The van der Waals surface area contributed by atoms with E-state index in [2.05, 4.69) is 27.7 Å². The molecule has 0 radical (unpaired) electrons. The number of hydrogen-bond donors (Lipinski definition) is 1. The van der Waals surface area contributed by atoms with Crippen molar-refractivity contribution in [3.63, 3.8) is 0 Å². The third kappa shape index (κ3) is 4.01. The Bertz CT molecular complexity index is 1050. The molecule has 1 fully saturated rings. The van der Waals surface area contributed by atoms with E-state index in [9.17, 15) is 9.90 Å². The van der Waals surface area contributed by atoms with Crippen LogP contribution in [0.1, 0.15) is 55.2 Å². The van der Waals surface area contributed by atoms with Gasteiger partial charge in [0.05, 0.1) is 16.7 Å². The number of aryl methyl sites for hydroxylation is 1.